The van der Waals surface area contributed by atoms with Crippen molar-refractivity contribution in [2.24, 2.45) is 22.9 Å². The minimum absolute atomic E-state index is 0.132. The number of rotatable bonds is 10. The van der Waals surface area contributed by atoms with E-state index in [2.05, 4.69) is 10.1 Å². The van der Waals surface area contributed by atoms with Crippen molar-refractivity contribution in [2.75, 3.05) is 34.3 Å². The van der Waals surface area contributed by atoms with E-state index in [1.54, 1.807) is 46.8 Å². The molecule has 4 N–H and O–H groups in total. The summed E-state index contributed by atoms with van der Waals surface area (Å²) in [5.41, 5.74) is -2.61. The van der Waals surface area contributed by atoms with E-state index < -0.39 is 83.8 Å². The van der Waals surface area contributed by atoms with Crippen LogP contribution < -0.4 is 0 Å². The first-order valence-corrected chi connectivity index (χ1v) is 23.0. The quantitative estimate of drug-likeness (QED) is 0.239. The molecule has 1 unspecified atom stereocenters. The smallest absolute Gasteiger partial charge is 0.311 e. The van der Waals surface area contributed by atoms with Gasteiger partial charge in [-0.3, -0.25) is 9.69 Å². The number of methoxy groups -OCH3 is 1. The third-order valence-corrected chi connectivity index (χ3v) is 14.1. The molecule has 0 aromatic heterocycles. The number of carbonyl (C=O) groups excluding carboxylic acids is 1. The standard InChI is InChI=1S/C47H78FN3O12/c1-14-37-45(8,55)22-27(3)51(25-34-20-35(49-63-34)32-15-17-33(48)18-16-32)24-26(2)21-46(9,56)42(62-44-39(52)36(50(11)12)19-28(4)58-44)29(5)40(30(6)43(54)60-37)61-38-23-47(10,57-13)41(53)31(7)59-38/h15-18,26-31,34,36-42,44,52-53,55-56H,14,19-25H2,1-13H3/t26-,27+,28-,29+,30-,31+,34?,36+,37-,38+,39-,40+,41+,42-,44+,45+,46+,47-/m1/s1. The van der Waals surface area contributed by atoms with Gasteiger partial charge in [0.05, 0.1) is 47.2 Å². The summed E-state index contributed by atoms with van der Waals surface area (Å²) in [5.74, 6) is -2.89. The Bertz CT molecular complexity index is 1670. The molecule has 1 aromatic carbocycles. The normalized spacial score (nSPS) is 44.0. The van der Waals surface area contributed by atoms with Crippen molar-refractivity contribution in [3.05, 3.63) is 35.6 Å². The Morgan fingerprint density at radius 1 is 0.952 bits per heavy atom. The molecule has 0 bridgehead atoms. The molecule has 0 saturated carbocycles. The van der Waals surface area contributed by atoms with E-state index in [1.807, 2.05) is 53.6 Å². The van der Waals surface area contributed by atoms with Crippen LogP contribution in [0.1, 0.15) is 113 Å². The molecule has 5 rings (SSSR count). The number of aliphatic hydroxyl groups is 4. The molecule has 4 aliphatic rings. The Morgan fingerprint density at radius 3 is 2.24 bits per heavy atom. The van der Waals surface area contributed by atoms with Gasteiger partial charge in [-0.25, -0.2) is 4.39 Å². The molecular weight excluding hydrogens is 818 g/mol. The topological polar surface area (TPSA) is 181 Å². The summed E-state index contributed by atoms with van der Waals surface area (Å²) in [7, 11) is 5.30. The summed E-state index contributed by atoms with van der Waals surface area (Å²) < 4.78 is 52.0. The molecule has 3 fully saturated rings. The first-order valence-electron chi connectivity index (χ1n) is 23.0. The Balaban J connectivity index is 1.53. The lowest BCUT2D eigenvalue weighted by molar-refractivity contribution is -0.318. The number of likely N-dealkylation sites (N-methyl/N-ethyl adjacent to an activating group) is 1. The first-order chi connectivity index (χ1) is 29.4. The van der Waals surface area contributed by atoms with Crippen molar-refractivity contribution in [1.29, 1.82) is 0 Å². The van der Waals surface area contributed by atoms with Crippen LogP contribution in [0.5, 0.6) is 0 Å². The molecule has 0 aliphatic carbocycles. The van der Waals surface area contributed by atoms with Gasteiger partial charge in [-0.15, -0.1) is 0 Å². The van der Waals surface area contributed by atoms with E-state index in [9.17, 15) is 29.6 Å². The van der Waals surface area contributed by atoms with Crippen LogP contribution in [0.2, 0.25) is 0 Å². The maximum Gasteiger partial charge on any atom is 0.311 e. The highest BCUT2D eigenvalue weighted by Crippen LogP contribution is 2.40. The molecule has 3 saturated heterocycles. The van der Waals surface area contributed by atoms with Crippen LogP contribution in [0.15, 0.2) is 29.4 Å². The average molecular weight is 896 g/mol. The summed E-state index contributed by atoms with van der Waals surface area (Å²) in [6, 6.07) is 5.60. The molecule has 15 nitrogen and oxygen atoms in total. The van der Waals surface area contributed by atoms with Gasteiger partial charge in [0.1, 0.15) is 35.8 Å². The van der Waals surface area contributed by atoms with E-state index in [1.165, 1.54) is 19.2 Å². The molecule has 4 aliphatic heterocycles. The molecular formula is C47H78FN3O12. The number of hydrogen-bond donors (Lipinski definition) is 4. The van der Waals surface area contributed by atoms with Crippen molar-refractivity contribution in [3.8, 4) is 0 Å². The van der Waals surface area contributed by atoms with E-state index in [0.29, 0.717) is 38.1 Å². The number of carbonyl (C=O) groups is 1. The number of hydrogen-bond acceptors (Lipinski definition) is 15. The summed E-state index contributed by atoms with van der Waals surface area (Å²) in [6.07, 6.45) is -6.43. The van der Waals surface area contributed by atoms with Crippen molar-refractivity contribution in [2.45, 2.75) is 198 Å². The van der Waals surface area contributed by atoms with Gasteiger partial charge in [0.25, 0.3) is 0 Å². The van der Waals surface area contributed by atoms with Crippen molar-refractivity contribution >= 4 is 11.7 Å². The van der Waals surface area contributed by atoms with Crippen LogP contribution >= 0.6 is 0 Å². The number of ether oxygens (including phenoxy) is 6. The van der Waals surface area contributed by atoms with Gasteiger partial charge in [0.2, 0.25) is 0 Å². The maximum absolute atomic E-state index is 14.5. The number of esters is 1. The predicted molar refractivity (Wildman–Crippen MR) is 234 cm³/mol. The minimum atomic E-state index is -1.60. The SMILES string of the molecule is CC[C@H]1OC(=O)[C@H](C)[C@@H](O[C@H]2C[C@@](C)(OC)[C@@H](O)[C@H](C)O2)[C@H](C)[C@@H](O[C@@H]2O[C@H](C)C[C@H](N(C)C)[C@H]2O)[C@@](C)(O)C[C@@H](C)CN(CC2CC(c3ccc(F)cc3)=NO2)[C@@H](C)C[C@]1(C)O. The lowest BCUT2D eigenvalue weighted by Crippen LogP contribution is -2.60. The fraction of sp³-hybridized carbons (Fsp3) is 0.830. The number of cyclic esters (lactones) is 1. The maximum atomic E-state index is 14.5. The Kier molecular flexibility index (Phi) is 17.3. The van der Waals surface area contributed by atoms with Crippen LogP contribution in [-0.2, 0) is 38.1 Å². The second-order valence-electron chi connectivity index (χ2n) is 20.2. The summed E-state index contributed by atoms with van der Waals surface area (Å²) in [4.78, 5) is 24.6. The van der Waals surface area contributed by atoms with E-state index in [0.717, 1.165) is 5.56 Å². The highest BCUT2D eigenvalue weighted by molar-refractivity contribution is 6.01. The third kappa shape index (κ3) is 12.4. The highest BCUT2D eigenvalue weighted by Gasteiger charge is 2.52. The second kappa shape index (κ2) is 21.1. The molecule has 63 heavy (non-hydrogen) atoms. The van der Waals surface area contributed by atoms with Gasteiger partial charge in [-0.1, -0.05) is 38.1 Å². The van der Waals surface area contributed by atoms with Crippen LogP contribution in [-0.4, -0.2) is 167 Å². The summed E-state index contributed by atoms with van der Waals surface area (Å²) >= 11 is 0. The van der Waals surface area contributed by atoms with Crippen LogP contribution in [0.4, 0.5) is 4.39 Å². The van der Waals surface area contributed by atoms with E-state index >= 15 is 0 Å². The number of oxime groups is 1. The number of aliphatic hydroxyl groups excluding tert-OH is 2. The number of benzene rings is 1. The molecule has 1 aromatic rings. The van der Waals surface area contributed by atoms with Crippen LogP contribution in [0.25, 0.3) is 0 Å². The molecule has 16 heteroatoms. The van der Waals surface area contributed by atoms with E-state index in [4.69, 9.17) is 33.3 Å². The molecule has 360 valence electrons. The summed E-state index contributed by atoms with van der Waals surface area (Å²) in [6.45, 7) is 19.2. The first kappa shape index (κ1) is 51.6. The van der Waals surface area contributed by atoms with Gasteiger partial charge in [0, 0.05) is 51.0 Å². The molecule has 18 atom stereocenters. The van der Waals surface area contributed by atoms with Crippen molar-refractivity contribution < 1.29 is 62.9 Å². The highest BCUT2D eigenvalue weighted by atomic mass is 19.1. The molecule has 0 spiro atoms. The average Bonchev–Trinajstić information content (AvgIpc) is 3.68. The zero-order chi connectivity index (χ0) is 46.8. The Labute approximate surface area is 374 Å². The van der Waals surface area contributed by atoms with Gasteiger partial charge in [0.15, 0.2) is 12.6 Å². The van der Waals surface area contributed by atoms with Crippen LogP contribution in [0.3, 0.4) is 0 Å². The Hall–Kier alpha value is -2.35. The third-order valence-electron chi connectivity index (χ3n) is 14.1. The lowest BCUT2D eigenvalue weighted by Gasteiger charge is -2.48. The molecule has 0 amide bonds. The molecule has 4 heterocycles. The predicted octanol–water partition coefficient (Wildman–Crippen LogP) is 4.63. The Morgan fingerprint density at radius 2 is 1.62 bits per heavy atom. The fourth-order valence-electron chi connectivity index (χ4n) is 10.5. The van der Waals surface area contributed by atoms with Crippen molar-refractivity contribution in [1.82, 2.24) is 9.80 Å². The van der Waals surface area contributed by atoms with Gasteiger partial charge < -0.3 is 58.6 Å². The number of nitrogens with zero attached hydrogens (tertiary/aromatic N) is 3. The number of halogens is 1. The lowest BCUT2D eigenvalue weighted by atomic mass is 9.77. The van der Waals surface area contributed by atoms with Crippen LogP contribution in [0, 0.1) is 23.6 Å². The zero-order valence-corrected chi connectivity index (χ0v) is 39.9. The largest absolute Gasteiger partial charge is 0.459 e. The monoisotopic (exact) mass is 896 g/mol. The van der Waals surface area contributed by atoms with Gasteiger partial charge >= 0.3 is 5.97 Å². The summed E-state index contributed by atoms with van der Waals surface area (Å²) in [5, 5.41) is 52.2. The van der Waals surface area contributed by atoms with Crippen molar-refractivity contribution in [3.63, 3.8) is 0 Å². The zero-order valence-electron chi connectivity index (χ0n) is 39.9. The second-order valence-corrected chi connectivity index (χ2v) is 20.2. The molecule has 0 radical (unpaired) electrons. The van der Waals surface area contributed by atoms with Gasteiger partial charge in [-0.05, 0) is 112 Å². The fourth-order valence-corrected chi connectivity index (χ4v) is 10.5. The van der Waals surface area contributed by atoms with E-state index in [-0.39, 0.29) is 55.3 Å². The van der Waals surface area contributed by atoms with Gasteiger partial charge in [-0.2, -0.15) is 0 Å². The minimum Gasteiger partial charge on any atom is -0.459 e.